The van der Waals surface area contributed by atoms with Crippen molar-refractivity contribution in [1.82, 2.24) is 9.97 Å². The van der Waals surface area contributed by atoms with Crippen molar-refractivity contribution in [2.24, 2.45) is 0 Å². The highest BCUT2D eigenvalue weighted by atomic mass is 16.5. The zero-order valence-electron chi connectivity index (χ0n) is 12.0. The maximum absolute atomic E-state index is 5.16. The zero-order valence-corrected chi connectivity index (χ0v) is 12.0. The van der Waals surface area contributed by atoms with Crippen molar-refractivity contribution in [1.29, 1.82) is 0 Å². The van der Waals surface area contributed by atoms with Crippen LogP contribution in [0.2, 0.25) is 0 Å². The van der Waals surface area contributed by atoms with Crippen LogP contribution in [0.3, 0.4) is 0 Å². The molecule has 0 radical (unpaired) electrons. The molecule has 0 spiro atoms. The number of ether oxygens (including phenoxy) is 2. The molecule has 1 aromatic heterocycles. The average molecular weight is 250 g/mol. The van der Waals surface area contributed by atoms with Crippen LogP contribution in [-0.2, 0) is 0 Å². The Labute approximate surface area is 109 Å². The summed E-state index contributed by atoms with van der Waals surface area (Å²) in [6, 6.07) is 3.68. The standard InChI is InChI=1S/C10H10N2O2.2C2H6/c1-13-9-3-7-5-11-6-12-8(7)4-10(9)14-2;2*1-2/h3-6H,1-2H3;2*1-2H3. The van der Waals surface area contributed by atoms with E-state index in [4.69, 9.17) is 9.47 Å². The van der Waals surface area contributed by atoms with Crippen LogP contribution in [0.4, 0.5) is 0 Å². The Kier molecular flexibility index (Phi) is 8.27. The molecule has 4 heteroatoms. The molecule has 0 atom stereocenters. The monoisotopic (exact) mass is 250 g/mol. The fraction of sp³-hybridized carbons (Fsp3) is 0.429. The Morgan fingerprint density at radius 2 is 1.44 bits per heavy atom. The van der Waals surface area contributed by atoms with Gasteiger partial charge in [0.05, 0.1) is 19.7 Å². The lowest BCUT2D eigenvalue weighted by molar-refractivity contribution is 0.356. The van der Waals surface area contributed by atoms with Gasteiger partial charge in [0.25, 0.3) is 0 Å². The van der Waals surface area contributed by atoms with Crippen LogP contribution in [0.5, 0.6) is 11.5 Å². The third kappa shape index (κ3) is 3.87. The van der Waals surface area contributed by atoms with Crippen LogP contribution in [0.25, 0.3) is 10.9 Å². The number of benzene rings is 1. The van der Waals surface area contributed by atoms with Crippen molar-refractivity contribution >= 4 is 10.9 Å². The second-order valence-electron chi connectivity index (χ2n) is 2.79. The van der Waals surface area contributed by atoms with Gasteiger partial charge >= 0.3 is 0 Å². The van der Waals surface area contributed by atoms with Crippen molar-refractivity contribution in [3.8, 4) is 11.5 Å². The SMILES string of the molecule is CC.CC.COc1cc2cncnc2cc1OC. The van der Waals surface area contributed by atoms with Gasteiger partial charge in [-0.05, 0) is 6.07 Å². The number of fused-ring (bicyclic) bond motifs is 1. The largest absolute Gasteiger partial charge is 0.493 e. The van der Waals surface area contributed by atoms with Crippen LogP contribution in [0.1, 0.15) is 27.7 Å². The molecule has 18 heavy (non-hydrogen) atoms. The first-order valence-electron chi connectivity index (χ1n) is 6.17. The maximum atomic E-state index is 5.16. The molecule has 0 bridgehead atoms. The maximum Gasteiger partial charge on any atom is 0.162 e. The molecular weight excluding hydrogens is 228 g/mol. The quantitative estimate of drug-likeness (QED) is 0.815. The first kappa shape index (κ1) is 16.2. The van der Waals surface area contributed by atoms with E-state index in [9.17, 15) is 0 Å². The summed E-state index contributed by atoms with van der Waals surface area (Å²) in [5.74, 6) is 1.37. The van der Waals surface area contributed by atoms with Crippen LogP contribution in [0, 0.1) is 0 Å². The van der Waals surface area contributed by atoms with Crippen molar-refractivity contribution in [2.45, 2.75) is 27.7 Å². The molecule has 1 aromatic carbocycles. The summed E-state index contributed by atoms with van der Waals surface area (Å²) in [4.78, 5) is 8.05. The molecule has 0 fully saturated rings. The molecule has 2 rings (SSSR count). The van der Waals surface area contributed by atoms with E-state index < -0.39 is 0 Å². The molecule has 2 aromatic rings. The molecule has 100 valence electrons. The fourth-order valence-electron chi connectivity index (χ4n) is 1.31. The second-order valence-corrected chi connectivity index (χ2v) is 2.79. The van der Waals surface area contributed by atoms with Gasteiger partial charge in [-0.15, -0.1) is 0 Å². The number of aromatic nitrogens is 2. The number of hydrogen-bond donors (Lipinski definition) is 0. The van der Waals surface area contributed by atoms with E-state index in [1.807, 2.05) is 39.8 Å². The second kappa shape index (κ2) is 9.22. The van der Waals surface area contributed by atoms with Crippen molar-refractivity contribution in [3.05, 3.63) is 24.7 Å². The Hall–Kier alpha value is -1.84. The van der Waals surface area contributed by atoms with Crippen molar-refractivity contribution < 1.29 is 9.47 Å². The molecule has 0 aliphatic heterocycles. The highest BCUT2D eigenvalue weighted by Crippen LogP contribution is 2.30. The summed E-state index contributed by atoms with van der Waals surface area (Å²) in [5.41, 5.74) is 0.845. The molecule has 0 saturated heterocycles. The van der Waals surface area contributed by atoms with Gasteiger partial charge in [-0.25, -0.2) is 9.97 Å². The minimum Gasteiger partial charge on any atom is -0.493 e. The first-order chi connectivity index (χ1) is 8.85. The summed E-state index contributed by atoms with van der Waals surface area (Å²) < 4.78 is 10.3. The minimum atomic E-state index is 0.679. The van der Waals surface area contributed by atoms with Crippen LogP contribution in [-0.4, -0.2) is 24.2 Å². The van der Waals surface area contributed by atoms with Gasteiger partial charge in [0, 0.05) is 17.6 Å². The highest BCUT2D eigenvalue weighted by molar-refractivity contribution is 5.81. The van der Waals surface area contributed by atoms with Gasteiger partial charge in [-0.3, -0.25) is 0 Å². The predicted molar refractivity (Wildman–Crippen MR) is 75.3 cm³/mol. The van der Waals surface area contributed by atoms with E-state index in [0.717, 1.165) is 10.9 Å². The third-order valence-electron chi connectivity index (χ3n) is 2.01. The summed E-state index contributed by atoms with van der Waals surface area (Å²) >= 11 is 0. The van der Waals surface area contributed by atoms with Crippen LogP contribution >= 0.6 is 0 Å². The van der Waals surface area contributed by atoms with Gasteiger partial charge in [-0.1, -0.05) is 27.7 Å². The summed E-state index contributed by atoms with van der Waals surface area (Å²) in [6.07, 6.45) is 3.25. The van der Waals surface area contributed by atoms with Gasteiger partial charge in [0.2, 0.25) is 0 Å². The van der Waals surface area contributed by atoms with E-state index >= 15 is 0 Å². The van der Waals surface area contributed by atoms with Gasteiger partial charge in [-0.2, -0.15) is 0 Å². The zero-order chi connectivity index (χ0) is 14.0. The number of hydrogen-bond acceptors (Lipinski definition) is 4. The number of rotatable bonds is 2. The lowest BCUT2D eigenvalue weighted by Crippen LogP contribution is -1.91. The Morgan fingerprint density at radius 3 is 2.00 bits per heavy atom. The van der Waals surface area contributed by atoms with Gasteiger partial charge in [0.1, 0.15) is 6.33 Å². The molecule has 0 aliphatic carbocycles. The van der Waals surface area contributed by atoms with Crippen molar-refractivity contribution in [2.75, 3.05) is 14.2 Å². The number of methoxy groups -OCH3 is 2. The molecule has 4 nitrogen and oxygen atoms in total. The van der Waals surface area contributed by atoms with E-state index in [0.29, 0.717) is 11.5 Å². The van der Waals surface area contributed by atoms with E-state index in [2.05, 4.69) is 9.97 Å². The van der Waals surface area contributed by atoms with Crippen LogP contribution < -0.4 is 9.47 Å². The summed E-state index contributed by atoms with van der Waals surface area (Å²) in [7, 11) is 3.21. The first-order valence-corrected chi connectivity index (χ1v) is 6.17. The van der Waals surface area contributed by atoms with E-state index in [1.165, 1.54) is 6.33 Å². The smallest absolute Gasteiger partial charge is 0.162 e. The normalized spacial score (nSPS) is 8.56. The Balaban J connectivity index is 0.000000659. The van der Waals surface area contributed by atoms with Crippen molar-refractivity contribution in [3.63, 3.8) is 0 Å². The molecule has 1 heterocycles. The fourth-order valence-corrected chi connectivity index (χ4v) is 1.31. The minimum absolute atomic E-state index is 0.679. The third-order valence-corrected chi connectivity index (χ3v) is 2.01. The molecular formula is C14H22N2O2. The van der Waals surface area contributed by atoms with Gasteiger partial charge in [0.15, 0.2) is 11.5 Å². The highest BCUT2D eigenvalue weighted by Gasteiger charge is 2.05. The molecule has 0 amide bonds. The average Bonchev–Trinajstić information content (AvgIpc) is 2.49. The molecule has 0 N–H and O–H groups in total. The summed E-state index contributed by atoms with van der Waals surface area (Å²) in [6.45, 7) is 8.00. The predicted octanol–water partition coefficient (Wildman–Crippen LogP) is 3.70. The van der Waals surface area contributed by atoms with E-state index in [-0.39, 0.29) is 0 Å². The molecule has 0 aliphatic rings. The van der Waals surface area contributed by atoms with E-state index in [1.54, 1.807) is 20.4 Å². The number of nitrogens with zero attached hydrogens (tertiary/aromatic N) is 2. The Morgan fingerprint density at radius 1 is 0.889 bits per heavy atom. The van der Waals surface area contributed by atoms with Crippen LogP contribution in [0.15, 0.2) is 24.7 Å². The lowest BCUT2D eigenvalue weighted by atomic mass is 10.2. The molecule has 0 saturated carbocycles. The Bertz CT molecular complexity index is 416. The van der Waals surface area contributed by atoms with Gasteiger partial charge < -0.3 is 9.47 Å². The lowest BCUT2D eigenvalue weighted by Gasteiger charge is -2.07. The molecule has 0 unspecified atom stereocenters. The topological polar surface area (TPSA) is 44.2 Å². The summed E-state index contributed by atoms with van der Waals surface area (Å²) in [5, 5.41) is 0.935.